The van der Waals surface area contributed by atoms with Gasteiger partial charge in [-0.1, -0.05) is 13.8 Å². The maximum Gasteiger partial charge on any atom is 0.335 e. The van der Waals surface area contributed by atoms with Gasteiger partial charge < -0.3 is 13.8 Å². The minimum absolute atomic E-state index is 0.202. The Morgan fingerprint density at radius 3 is 2.20 bits per heavy atom. The Bertz CT molecular complexity index is 197. The lowest BCUT2D eigenvalue weighted by molar-refractivity contribution is 0.0136. The lowest BCUT2D eigenvalue weighted by Crippen LogP contribution is -2.49. The van der Waals surface area contributed by atoms with Crippen LogP contribution in [0.1, 0.15) is 20.3 Å². The quantitative estimate of drug-likeness (QED) is 0.692. The van der Waals surface area contributed by atoms with Crippen molar-refractivity contribution in [3.05, 3.63) is 0 Å². The van der Waals surface area contributed by atoms with Gasteiger partial charge in [-0.2, -0.15) is 0 Å². The molecule has 0 saturated carbocycles. The van der Waals surface area contributed by atoms with E-state index in [1.54, 1.807) is 0 Å². The van der Waals surface area contributed by atoms with Gasteiger partial charge in [0.15, 0.2) is 0 Å². The molecule has 15 heavy (non-hydrogen) atoms. The molecule has 0 radical (unpaired) electrons. The van der Waals surface area contributed by atoms with Gasteiger partial charge in [-0.05, 0) is 39.7 Å². The fraction of sp³-hybridized carbons (Fsp3) is 1.00. The molecule has 1 heterocycles. The summed E-state index contributed by atoms with van der Waals surface area (Å²) in [7, 11) is 2.39. The Morgan fingerprint density at radius 1 is 1.20 bits per heavy atom. The van der Waals surface area contributed by atoms with E-state index in [0.29, 0.717) is 0 Å². The fourth-order valence-corrected chi connectivity index (χ4v) is 4.20. The number of nitrogens with zero attached hydrogens (tertiary/aromatic N) is 1. The van der Waals surface area contributed by atoms with Crippen LogP contribution < -0.4 is 0 Å². The van der Waals surface area contributed by atoms with Crippen LogP contribution in [0.2, 0.25) is 12.6 Å². The molecule has 0 aromatic carbocycles. The van der Waals surface area contributed by atoms with Crippen LogP contribution in [0.4, 0.5) is 0 Å². The molecule has 0 N–H and O–H groups in total. The molecule has 4 heteroatoms. The van der Waals surface area contributed by atoms with Crippen molar-refractivity contribution >= 4 is 8.56 Å². The van der Waals surface area contributed by atoms with Crippen molar-refractivity contribution in [1.82, 2.24) is 4.90 Å². The number of rotatable bonds is 4. The molecule has 1 aliphatic heterocycles. The van der Waals surface area contributed by atoms with Crippen molar-refractivity contribution < 1.29 is 8.85 Å². The Hall–Kier alpha value is 0.0969. The van der Waals surface area contributed by atoms with Crippen LogP contribution in [0.3, 0.4) is 0 Å². The van der Waals surface area contributed by atoms with E-state index >= 15 is 0 Å². The van der Waals surface area contributed by atoms with Crippen LogP contribution in [0.15, 0.2) is 0 Å². The summed E-state index contributed by atoms with van der Waals surface area (Å²) in [5.41, 5.74) is 0.202. The van der Waals surface area contributed by atoms with Crippen molar-refractivity contribution in [2.75, 3.05) is 33.9 Å². The van der Waals surface area contributed by atoms with E-state index in [-0.39, 0.29) is 5.41 Å². The first-order valence-corrected chi connectivity index (χ1v) is 8.28. The SMILES string of the molecule is CN(C)CCC[Si]1(C)OCC(C)(C)CO1. The standard InChI is InChI=1S/C11H25NO2Si/c1-11(2)9-13-15(5,14-10-11)8-6-7-12(3)4/h6-10H2,1-5H3. The third-order valence-corrected chi connectivity index (χ3v) is 5.54. The number of hydrogen-bond donors (Lipinski definition) is 0. The maximum absolute atomic E-state index is 5.96. The van der Waals surface area contributed by atoms with Crippen LogP contribution in [0, 0.1) is 5.41 Å². The van der Waals surface area contributed by atoms with Crippen molar-refractivity contribution in [1.29, 1.82) is 0 Å². The molecule has 90 valence electrons. The molecule has 0 unspecified atom stereocenters. The van der Waals surface area contributed by atoms with Gasteiger partial charge in [0, 0.05) is 18.6 Å². The van der Waals surface area contributed by atoms with Gasteiger partial charge in [0.2, 0.25) is 0 Å². The van der Waals surface area contributed by atoms with Gasteiger partial charge in [-0.3, -0.25) is 0 Å². The lowest BCUT2D eigenvalue weighted by atomic mass is 9.97. The second-order valence-electron chi connectivity index (χ2n) is 5.78. The van der Waals surface area contributed by atoms with E-state index in [2.05, 4.69) is 39.4 Å². The molecule has 1 aliphatic rings. The third kappa shape index (κ3) is 4.63. The zero-order valence-corrected chi connectivity index (χ0v) is 11.8. The van der Waals surface area contributed by atoms with Crippen LogP contribution in [-0.4, -0.2) is 47.3 Å². The summed E-state index contributed by atoms with van der Waals surface area (Å²) in [5, 5.41) is 0. The first-order valence-electron chi connectivity index (χ1n) is 5.76. The zero-order chi connectivity index (χ0) is 11.5. The maximum atomic E-state index is 5.96. The van der Waals surface area contributed by atoms with Crippen molar-refractivity contribution in [3.8, 4) is 0 Å². The zero-order valence-electron chi connectivity index (χ0n) is 10.8. The van der Waals surface area contributed by atoms with Gasteiger partial charge in [0.05, 0.1) is 0 Å². The Morgan fingerprint density at radius 2 is 1.73 bits per heavy atom. The third-order valence-electron chi connectivity index (χ3n) is 2.77. The van der Waals surface area contributed by atoms with Crippen LogP contribution in [0.25, 0.3) is 0 Å². The molecule has 1 saturated heterocycles. The van der Waals surface area contributed by atoms with Crippen LogP contribution >= 0.6 is 0 Å². The Kier molecular flexibility index (Phi) is 4.35. The minimum Gasteiger partial charge on any atom is -0.394 e. The molecular formula is C11H25NO2Si. The minimum atomic E-state index is -1.82. The van der Waals surface area contributed by atoms with E-state index in [1.165, 1.54) is 6.42 Å². The summed E-state index contributed by atoms with van der Waals surface area (Å²) >= 11 is 0. The summed E-state index contributed by atoms with van der Waals surface area (Å²) in [6, 6.07) is 1.11. The highest BCUT2D eigenvalue weighted by atomic mass is 28.4. The van der Waals surface area contributed by atoms with Gasteiger partial charge in [0.25, 0.3) is 0 Å². The Balaban J connectivity index is 2.29. The molecule has 0 spiro atoms. The van der Waals surface area contributed by atoms with E-state index < -0.39 is 8.56 Å². The summed E-state index contributed by atoms with van der Waals surface area (Å²) in [6.07, 6.45) is 1.18. The monoisotopic (exact) mass is 231 g/mol. The number of hydrogen-bond acceptors (Lipinski definition) is 3. The smallest absolute Gasteiger partial charge is 0.335 e. The highest BCUT2D eigenvalue weighted by Gasteiger charge is 2.39. The van der Waals surface area contributed by atoms with E-state index in [4.69, 9.17) is 8.85 Å². The first-order chi connectivity index (χ1) is 6.83. The van der Waals surface area contributed by atoms with Gasteiger partial charge in [-0.25, -0.2) is 0 Å². The average molecular weight is 231 g/mol. The van der Waals surface area contributed by atoms with E-state index in [1.807, 2.05) is 0 Å². The predicted molar refractivity (Wildman–Crippen MR) is 65.3 cm³/mol. The Labute approximate surface area is 95.0 Å². The highest BCUT2D eigenvalue weighted by Crippen LogP contribution is 2.29. The molecule has 0 amide bonds. The van der Waals surface area contributed by atoms with Crippen molar-refractivity contribution in [3.63, 3.8) is 0 Å². The van der Waals surface area contributed by atoms with Crippen LogP contribution in [-0.2, 0) is 8.85 Å². The fourth-order valence-electron chi connectivity index (χ4n) is 1.64. The molecule has 0 aliphatic carbocycles. The molecule has 0 atom stereocenters. The summed E-state index contributed by atoms with van der Waals surface area (Å²) in [4.78, 5) is 2.21. The van der Waals surface area contributed by atoms with Gasteiger partial charge in [0.1, 0.15) is 0 Å². The molecule has 1 rings (SSSR count). The van der Waals surface area contributed by atoms with Crippen LogP contribution in [0.5, 0.6) is 0 Å². The first kappa shape index (κ1) is 13.2. The summed E-state index contributed by atoms with van der Waals surface area (Å²) < 4.78 is 11.9. The normalized spacial score (nSPS) is 24.4. The van der Waals surface area contributed by atoms with Gasteiger partial charge >= 0.3 is 8.56 Å². The lowest BCUT2D eigenvalue weighted by Gasteiger charge is -2.40. The highest BCUT2D eigenvalue weighted by molar-refractivity contribution is 6.66. The molecular weight excluding hydrogens is 206 g/mol. The second kappa shape index (κ2) is 4.95. The van der Waals surface area contributed by atoms with Gasteiger partial charge in [-0.15, -0.1) is 0 Å². The molecule has 0 bridgehead atoms. The topological polar surface area (TPSA) is 21.7 Å². The predicted octanol–water partition coefficient (Wildman–Crippen LogP) is 2.08. The van der Waals surface area contributed by atoms with Crippen molar-refractivity contribution in [2.24, 2.45) is 5.41 Å². The summed E-state index contributed by atoms with van der Waals surface area (Å²) in [5.74, 6) is 0. The molecule has 0 aromatic rings. The second-order valence-corrected chi connectivity index (χ2v) is 9.13. The average Bonchev–Trinajstić information content (AvgIpc) is 2.11. The molecule has 1 fully saturated rings. The van der Waals surface area contributed by atoms with E-state index in [9.17, 15) is 0 Å². The van der Waals surface area contributed by atoms with Crippen molar-refractivity contribution in [2.45, 2.75) is 32.9 Å². The molecule has 0 aromatic heterocycles. The summed E-state index contributed by atoms with van der Waals surface area (Å²) in [6.45, 7) is 9.42. The van der Waals surface area contributed by atoms with E-state index in [0.717, 1.165) is 25.8 Å². The molecule has 3 nitrogen and oxygen atoms in total. The largest absolute Gasteiger partial charge is 0.394 e.